The molecule has 1 aromatic carbocycles. The largest absolute Gasteiger partial charge is 0.463 e. The normalized spacial score (nSPS) is 10.4. The molecule has 0 spiro atoms. The number of aromatic nitrogens is 3. The summed E-state index contributed by atoms with van der Waals surface area (Å²) < 4.78 is 5.09. The Balaban J connectivity index is 1.86. The van der Waals surface area contributed by atoms with Gasteiger partial charge in [0.1, 0.15) is 0 Å². The number of carbonyl (C=O) groups is 1. The van der Waals surface area contributed by atoms with Gasteiger partial charge in [-0.25, -0.2) is 5.10 Å². The zero-order valence-electron chi connectivity index (χ0n) is 11.3. The number of nitrogens with one attached hydrogen (secondary N) is 2. The summed E-state index contributed by atoms with van der Waals surface area (Å²) >= 11 is 11.9. The van der Waals surface area contributed by atoms with E-state index in [4.69, 9.17) is 27.9 Å². The monoisotopic (exact) mass is 328 g/mol. The summed E-state index contributed by atoms with van der Waals surface area (Å²) in [5.41, 5.74) is 0.865. The lowest BCUT2D eigenvalue weighted by Gasteiger charge is -2.04. The van der Waals surface area contributed by atoms with E-state index in [1.54, 1.807) is 18.2 Å². The third-order valence-corrected chi connectivity index (χ3v) is 3.22. The number of anilines is 1. The number of rotatable bonds is 6. The van der Waals surface area contributed by atoms with E-state index in [0.29, 0.717) is 23.1 Å². The number of hydrogen-bond acceptors (Lipinski definition) is 4. The van der Waals surface area contributed by atoms with E-state index in [9.17, 15) is 4.79 Å². The van der Waals surface area contributed by atoms with Gasteiger partial charge in [-0.2, -0.15) is 4.98 Å². The maximum Gasteiger partial charge on any atom is 0.337 e. The van der Waals surface area contributed by atoms with Crippen molar-refractivity contribution in [2.75, 3.05) is 11.9 Å². The molecule has 0 fully saturated rings. The predicted molar refractivity (Wildman–Crippen MR) is 81.0 cm³/mol. The Bertz CT molecular complexity index is 630. The Morgan fingerprint density at radius 2 is 2.24 bits per heavy atom. The van der Waals surface area contributed by atoms with E-state index in [-0.39, 0.29) is 24.3 Å². The highest BCUT2D eigenvalue weighted by atomic mass is 35.5. The van der Waals surface area contributed by atoms with Crippen molar-refractivity contribution in [3.63, 3.8) is 0 Å². The van der Waals surface area contributed by atoms with Crippen LogP contribution < -0.4 is 10.1 Å². The van der Waals surface area contributed by atoms with Gasteiger partial charge in [0.05, 0.1) is 6.61 Å². The molecule has 2 aromatic rings. The van der Waals surface area contributed by atoms with Gasteiger partial charge in [-0.3, -0.25) is 10.1 Å². The molecule has 0 saturated carbocycles. The van der Waals surface area contributed by atoms with Crippen LogP contribution >= 0.6 is 23.2 Å². The van der Waals surface area contributed by atoms with E-state index in [2.05, 4.69) is 20.5 Å². The molecule has 0 atom stereocenters. The smallest absolute Gasteiger partial charge is 0.337 e. The van der Waals surface area contributed by atoms with Gasteiger partial charge in [-0.05, 0) is 31.0 Å². The molecular formula is C13H14Cl2N4O2. The molecule has 1 heterocycles. The molecule has 8 heteroatoms. The van der Waals surface area contributed by atoms with E-state index in [0.717, 1.165) is 5.56 Å². The molecule has 112 valence electrons. The fraction of sp³-hybridized carbons (Fsp3) is 0.308. The Labute approximate surface area is 131 Å². The first-order valence-corrected chi connectivity index (χ1v) is 7.13. The highest BCUT2D eigenvalue weighted by Crippen LogP contribution is 2.22. The number of halogens is 2. The van der Waals surface area contributed by atoms with Crippen molar-refractivity contribution in [2.24, 2.45) is 0 Å². The fourth-order valence-electron chi connectivity index (χ4n) is 1.66. The second-order valence-corrected chi connectivity index (χ2v) is 5.03. The SMILES string of the molecule is CCOc1n[nH]c(NC(=O)CCc2ccc(Cl)cc2Cl)n1. The molecule has 0 radical (unpaired) electrons. The van der Waals surface area contributed by atoms with Crippen molar-refractivity contribution in [3.05, 3.63) is 33.8 Å². The van der Waals surface area contributed by atoms with Crippen LogP contribution in [0.4, 0.5) is 5.95 Å². The quantitative estimate of drug-likeness (QED) is 0.853. The summed E-state index contributed by atoms with van der Waals surface area (Å²) in [5, 5.41) is 10.1. The fourth-order valence-corrected chi connectivity index (χ4v) is 2.17. The van der Waals surface area contributed by atoms with E-state index in [1.807, 2.05) is 6.92 Å². The molecule has 1 aromatic heterocycles. The summed E-state index contributed by atoms with van der Waals surface area (Å²) in [7, 11) is 0. The lowest BCUT2D eigenvalue weighted by molar-refractivity contribution is -0.116. The lowest BCUT2D eigenvalue weighted by atomic mass is 10.1. The van der Waals surface area contributed by atoms with Crippen molar-refractivity contribution < 1.29 is 9.53 Å². The van der Waals surface area contributed by atoms with Gasteiger partial charge in [0, 0.05) is 16.5 Å². The molecule has 0 aliphatic rings. The second kappa shape index (κ2) is 7.28. The second-order valence-electron chi connectivity index (χ2n) is 4.18. The van der Waals surface area contributed by atoms with Gasteiger partial charge in [0.15, 0.2) is 0 Å². The van der Waals surface area contributed by atoms with Crippen molar-refractivity contribution in [1.29, 1.82) is 0 Å². The van der Waals surface area contributed by atoms with Gasteiger partial charge in [-0.15, -0.1) is 5.10 Å². The van der Waals surface area contributed by atoms with Gasteiger partial charge < -0.3 is 4.74 Å². The Morgan fingerprint density at radius 1 is 1.43 bits per heavy atom. The number of aryl methyl sites for hydroxylation is 1. The summed E-state index contributed by atoms with van der Waals surface area (Å²) in [5.74, 6) is 0.0610. The Morgan fingerprint density at radius 3 is 2.95 bits per heavy atom. The number of ether oxygens (including phenoxy) is 1. The van der Waals surface area contributed by atoms with Gasteiger partial charge in [0.2, 0.25) is 11.9 Å². The van der Waals surface area contributed by atoms with Crippen molar-refractivity contribution in [3.8, 4) is 6.01 Å². The summed E-state index contributed by atoms with van der Waals surface area (Å²) in [6.07, 6.45) is 0.778. The molecule has 21 heavy (non-hydrogen) atoms. The maximum absolute atomic E-state index is 11.8. The number of amides is 1. The van der Waals surface area contributed by atoms with Crippen LogP contribution in [0, 0.1) is 0 Å². The minimum atomic E-state index is -0.194. The topological polar surface area (TPSA) is 79.9 Å². The van der Waals surface area contributed by atoms with Crippen LogP contribution in [0.5, 0.6) is 6.01 Å². The molecule has 2 rings (SSSR count). The van der Waals surface area contributed by atoms with Crippen molar-refractivity contribution in [1.82, 2.24) is 15.2 Å². The molecule has 0 saturated heterocycles. The third kappa shape index (κ3) is 4.61. The van der Waals surface area contributed by atoms with Gasteiger partial charge >= 0.3 is 6.01 Å². The number of H-pyrrole nitrogens is 1. The standard InChI is InChI=1S/C13H14Cl2N4O2/c1-2-21-13-17-12(18-19-13)16-11(20)6-4-8-3-5-9(14)7-10(8)15/h3,5,7H,2,4,6H2,1H3,(H2,16,17,18,19,20). The molecule has 1 amide bonds. The summed E-state index contributed by atoms with van der Waals surface area (Å²) in [4.78, 5) is 15.8. The van der Waals surface area contributed by atoms with Crippen LogP contribution in [0.2, 0.25) is 10.0 Å². The van der Waals surface area contributed by atoms with Crippen LogP contribution in [-0.4, -0.2) is 27.7 Å². The van der Waals surface area contributed by atoms with Gasteiger partial charge in [0.25, 0.3) is 0 Å². The Kier molecular flexibility index (Phi) is 5.41. The molecular weight excluding hydrogens is 315 g/mol. The first-order chi connectivity index (χ1) is 10.1. The molecule has 0 aliphatic carbocycles. The molecule has 0 bridgehead atoms. The highest BCUT2D eigenvalue weighted by molar-refractivity contribution is 6.35. The highest BCUT2D eigenvalue weighted by Gasteiger charge is 2.09. The Hall–Kier alpha value is -1.79. The molecule has 0 aliphatic heterocycles. The maximum atomic E-state index is 11.8. The molecule has 0 unspecified atom stereocenters. The number of benzene rings is 1. The van der Waals surface area contributed by atoms with Crippen molar-refractivity contribution in [2.45, 2.75) is 19.8 Å². The van der Waals surface area contributed by atoms with Crippen LogP contribution in [0.15, 0.2) is 18.2 Å². The number of nitrogens with zero attached hydrogens (tertiary/aromatic N) is 2. The van der Waals surface area contributed by atoms with E-state index in [1.165, 1.54) is 0 Å². The average molecular weight is 329 g/mol. The average Bonchev–Trinajstić information content (AvgIpc) is 2.85. The predicted octanol–water partition coefficient (Wildman–Crippen LogP) is 3.08. The minimum Gasteiger partial charge on any atom is -0.463 e. The van der Waals surface area contributed by atoms with E-state index < -0.39 is 0 Å². The van der Waals surface area contributed by atoms with Gasteiger partial charge in [-0.1, -0.05) is 29.3 Å². The number of carbonyl (C=O) groups excluding carboxylic acids is 1. The number of aromatic amines is 1. The zero-order chi connectivity index (χ0) is 15.2. The van der Waals surface area contributed by atoms with Crippen LogP contribution in [0.3, 0.4) is 0 Å². The third-order valence-electron chi connectivity index (χ3n) is 2.63. The summed E-state index contributed by atoms with van der Waals surface area (Å²) in [6, 6.07) is 5.40. The van der Waals surface area contributed by atoms with Crippen LogP contribution in [0.1, 0.15) is 18.9 Å². The first kappa shape index (κ1) is 15.6. The summed E-state index contributed by atoms with van der Waals surface area (Å²) in [6.45, 7) is 2.28. The first-order valence-electron chi connectivity index (χ1n) is 6.37. The zero-order valence-corrected chi connectivity index (χ0v) is 12.8. The minimum absolute atomic E-state index is 0.194. The molecule has 6 nitrogen and oxygen atoms in total. The van der Waals surface area contributed by atoms with Crippen LogP contribution in [-0.2, 0) is 11.2 Å². The molecule has 2 N–H and O–H groups in total. The number of hydrogen-bond donors (Lipinski definition) is 2. The van der Waals surface area contributed by atoms with Crippen LogP contribution in [0.25, 0.3) is 0 Å². The van der Waals surface area contributed by atoms with E-state index >= 15 is 0 Å². The lowest BCUT2D eigenvalue weighted by Crippen LogP contribution is -2.13. The van der Waals surface area contributed by atoms with Crippen molar-refractivity contribution >= 4 is 35.1 Å².